The van der Waals surface area contributed by atoms with E-state index in [1.165, 1.54) is 34.4 Å². The largest absolute Gasteiger partial charge is 0.318 e. The van der Waals surface area contributed by atoms with Crippen LogP contribution < -0.4 is 5.32 Å². The Balaban J connectivity index is 1.45. The maximum absolute atomic E-state index is 12.1. The Morgan fingerprint density at radius 3 is 2.52 bits per heavy atom. The minimum atomic E-state index is 0.00213. The van der Waals surface area contributed by atoms with Gasteiger partial charge in [-0.1, -0.05) is 36.4 Å². The lowest BCUT2D eigenvalue weighted by molar-refractivity contribution is -0.114. The molecule has 33 heavy (non-hydrogen) atoms. The zero-order chi connectivity index (χ0) is 22.6. The molecule has 1 atom stereocenters. The van der Waals surface area contributed by atoms with Gasteiger partial charge in [-0.2, -0.15) is 0 Å². The van der Waals surface area contributed by atoms with Gasteiger partial charge < -0.3 is 5.32 Å². The minimum Gasteiger partial charge on any atom is -0.318 e. The Bertz CT molecular complexity index is 1070. The van der Waals surface area contributed by atoms with E-state index in [4.69, 9.17) is 4.98 Å². The molecular formula is C27H32N4OS. The standard InChI is InChI=1S/C27H32N4OS/c1-20(32)29-27-25(22-11-5-6-13-24(22)33-27)26(23-12-7-8-14-28-23)31-17-15-30(16-18-31)19-21-9-3-2-4-10-21/h2-4,7-10,12,14,26H,5-6,11,13,15-19H2,1H3,(H,29,32). The van der Waals surface area contributed by atoms with Gasteiger partial charge >= 0.3 is 0 Å². The molecule has 1 aliphatic carbocycles. The summed E-state index contributed by atoms with van der Waals surface area (Å²) < 4.78 is 0. The molecular weight excluding hydrogens is 428 g/mol. The number of aromatic nitrogens is 1. The van der Waals surface area contributed by atoms with Gasteiger partial charge in [-0.15, -0.1) is 11.3 Å². The van der Waals surface area contributed by atoms with Gasteiger partial charge in [0.25, 0.3) is 0 Å². The quantitative estimate of drug-likeness (QED) is 0.569. The molecule has 5 nitrogen and oxygen atoms in total. The number of nitrogens with one attached hydrogen (secondary N) is 1. The van der Waals surface area contributed by atoms with Crippen molar-refractivity contribution in [2.45, 2.75) is 45.2 Å². The number of hydrogen-bond acceptors (Lipinski definition) is 5. The Morgan fingerprint density at radius 2 is 1.79 bits per heavy atom. The molecule has 0 radical (unpaired) electrons. The summed E-state index contributed by atoms with van der Waals surface area (Å²) in [5, 5.41) is 4.20. The van der Waals surface area contributed by atoms with E-state index in [9.17, 15) is 4.79 Å². The van der Waals surface area contributed by atoms with Crippen molar-refractivity contribution < 1.29 is 4.79 Å². The van der Waals surface area contributed by atoms with Crippen molar-refractivity contribution in [3.05, 3.63) is 82.0 Å². The molecule has 172 valence electrons. The van der Waals surface area contributed by atoms with Gasteiger partial charge in [0.05, 0.1) is 11.7 Å². The van der Waals surface area contributed by atoms with Crippen LogP contribution >= 0.6 is 11.3 Å². The van der Waals surface area contributed by atoms with E-state index in [0.29, 0.717) is 0 Å². The maximum Gasteiger partial charge on any atom is 0.221 e. The number of carbonyl (C=O) groups excluding carboxylic acids is 1. The lowest BCUT2D eigenvalue weighted by atomic mass is 9.90. The molecule has 1 N–H and O–H groups in total. The molecule has 1 aliphatic heterocycles. The lowest BCUT2D eigenvalue weighted by Crippen LogP contribution is -2.47. The summed E-state index contributed by atoms with van der Waals surface area (Å²) >= 11 is 1.78. The summed E-state index contributed by atoms with van der Waals surface area (Å²) in [6.07, 6.45) is 6.56. The highest BCUT2D eigenvalue weighted by Crippen LogP contribution is 2.45. The van der Waals surface area contributed by atoms with Crippen LogP contribution in [0.3, 0.4) is 0 Å². The summed E-state index contributed by atoms with van der Waals surface area (Å²) in [4.78, 5) is 23.5. The zero-order valence-electron chi connectivity index (χ0n) is 19.3. The molecule has 2 aromatic heterocycles. The SMILES string of the molecule is CC(=O)Nc1sc2c(c1C(c1ccccn1)N1CCN(Cc3ccccc3)CC1)CCCC2. The van der Waals surface area contributed by atoms with E-state index < -0.39 is 0 Å². The molecule has 0 bridgehead atoms. The molecule has 3 aromatic rings. The van der Waals surface area contributed by atoms with E-state index in [2.05, 4.69) is 57.6 Å². The molecule has 6 heteroatoms. The van der Waals surface area contributed by atoms with Gasteiger partial charge in [0.15, 0.2) is 0 Å². The summed E-state index contributed by atoms with van der Waals surface area (Å²) in [7, 11) is 0. The third-order valence-electron chi connectivity index (χ3n) is 6.76. The third kappa shape index (κ3) is 5.03. The molecule has 0 saturated carbocycles. The first-order chi connectivity index (χ1) is 16.2. The number of nitrogens with zero attached hydrogens (tertiary/aromatic N) is 3. The van der Waals surface area contributed by atoms with Crippen LogP contribution in [0.5, 0.6) is 0 Å². The molecule has 1 fully saturated rings. The number of aryl methyl sites for hydroxylation is 1. The van der Waals surface area contributed by atoms with Gasteiger partial charge in [-0.3, -0.25) is 19.6 Å². The van der Waals surface area contributed by atoms with Crippen molar-refractivity contribution >= 4 is 22.2 Å². The topological polar surface area (TPSA) is 48.5 Å². The van der Waals surface area contributed by atoms with Crippen molar-refractivity contribution in [1.29, 1.82) is 0 Å². The average Bonchev–Trinajstić information content (AvgIpc) is 3.19. The first-order valence-electron chi connectivity index (χ1n) is 12.0. The number of carbonyl (C=O) groups is 1. The van der Waals surface area contributed by atoms with Crippen LogP contribution in [0.25, 0.3) is 0 Å². The molecule has 1 amide bonds. The van der Waals surface area contributed by atoms with Gasteiger partial charge in [-0.25, -0.2) is 0 Å². The van der Waals surface area contributed by atoms with E-state index in [-0.39, 0.29) is 11.9 Å². The van der Waals surface area contributed by atoms with Crippen molar-refractivity contribution in [1.82, 2.24) is 14.8 Å². The van der Waals surface area contributed by atoms with Crippen molar-refractivity contribution in [3.63, 3.8) is 0 Å². The first-order valence-corrected chi connectivity index (χ1v) is 12.8. The predicted octanol–water partition coefficient (Wildman–Crippen LogP) is 4.89. The normalized spacial score (nSPS) is 18.0. The van der Waals surface area contributed by atoms with E-state index in [1.807, 2.05) is 12.3 Å². The maximum atomic E-state index is 12.1. The number of rotatable bonds is 6. The van der Waals surface area contributed by atoms with Crippen LogP contribution in [0.2, 0.25) is 0 Å². The first kappa shape index (κ1) is 22.3. The zero-order valence-corrected chi connectivity index (χ0v) is 20.1. The van der Waals surface area contributed by atoms with Crippen LogP contribution in [0.4, 0.5) is 5.00 Å². The number of hydrogen-bond donors (Lipinski definition) is 1. The van der Waals surface area contributed by atoms with Crippen molar-refractivity contribution in [2.24, 2.45) is 0 Å². The Kier molecular flexibility index (Phi) is 6.85. The van der Waals surface area contributed by atoms with Crippen molar-refractivity contribution in [3.8, 4) is 0 Å². The van der Waals surface area contributed by atoms with Gasteiger partial charge in [0, 0.05) is 56.3 Å². The molecule has 3 heterocycles. The highest BCUT2D eigenvalue weighted by Gasteiger charge is 2.34. The monoisotopic (exact) mass is 460 g/mol. The summed E-state index contributed by atoms with van der Waals surface area (Å²) in [6.45, 7) is 6.63. The van der Waals surface area contributed by atoms with Gasteiger partial charge in [0.1, 0.15) is 5.00 Å². The Morgan fingerprint density at radius 1 is 1.03 bits per heavy atom. The Hall–Kier alpha value is -2.54. The number of amides is 1. The summed E-state index contributed by atoms with van der Waals surface area (Å²) in [5.74, 6) is 0.00213. The highest BCUT2D eigenvalue weighted by molar-refractivity contribution is 7.16. The fraction of sp³-hybridized carbons (Fsp3) is 0.407. The molecule has 0 spiro atoms. The second-order valence-corrected chi connectivity index (χ2v) is 10.2. The average molecular weight is 461 g/mol. The van der Waals surface area contributed by atoms with Crippen LogP contribution in [0.1, 0.15) is 53.1 Å². The highest BCUT2D eigenvalue weighted by atomic mass is 32.1. The minimum absolute atomic E-state index is 0.00213. The summed E-state index contributed by atoms with van der Waals surface area (Å²) in [5.41, 5.74) is 5.19. The number of fused-ring (bicyclic) bond motifs is 1. The van der Waals surface area contributed by atoms with Crippen LogP contribution in [-0.4, -0.2) is 46.9 Å². The predicted molar refractivity (Wildman–Crippen MR) is 135 cm³/mol. The molecule has 1 saturated heterocycles. The van der Waals surface area contributed by atoms with Crippen LogP contribution in [0, 0.1) is 0 Å². The van der Waals surface area contributed by atoms with Gasteiger partial charge in [-0.05, 0) is 48.9 Å². The fourth-order valence-electron chi connectivity index (χ4n) is 5.21. The third-order valence-corrected chi connectivity index (χ3v) is 7.99. The van der Waals surface area contributed by atoms with E-state index >= 15 is 0 Å². The summed E-state index contributed by atoms with van der Waals surface area (Å²) in [6, 6.07) is 17.0. The smallest absolute Gasteiger partial charge is 0.221 e. The Labute approximate surface area is 200 Å². The number of thiophene rings is 1. The number of piperazine rings is 1. The number of anilines is 1. The van der Waals surface area contributed by atoms with Crippen LogP contribution in [0.15, 0.2) is 54.7 Å². The van der Waals surface area contributed by atoms with Crippen molar-refractivity contribution in [2.75, 3.05) is 31.5 Å². The number of pyridine rings is 1. The van der Waals surface area contributed by atoms with Crippen LogP contribution in [-0.2, 0) is 24.2 Å². The lowest BCUT2D eigenvalue weighted by Gasteiger charge is -2.40. The van der Waals surface area contributed by atoms with E-state index in [0.717, 1.165) is 56.3 Å². The second kappa shape index (κ2) is 10.2. The number of benzene rings is 1. The van der Waals surface area contributed by atoms with Gasteiger partial charge in [0.2, 0.25) is 5.91 Å². The van der Waals surface area contributed by atoms with E-state index in [1.54, 1.807) is 18.3 Å². The fourth-order valence-corrected chi connectivity index (χ4v) is 6.58. The molecule has 5 rings (SSSR count). The second-order valence-electron chi connectivity index (χ2n) is 9.09. The molecule has 1 unspecified atom stereocenters. The molecule has 1 aromatic carbocycles. The molecule has 2 aliphatic rings.